The Kier molecular flexibility index (Phi) is 5.04. The van der Waals surface area contributed by atoms with Crippen molar-refractivity contribution in [2.24, 2.45) is 0 Å². The number of rotatable bonds is 5. The highest BCUT2D eigenvalue weighted by atomic mass is 19.4. The summed E-state index contributed by atoms with van der Waals surface area (Å²) in [6, 6.07) is 1.73. The number of alkyl halides is 3. The summed E-state index contributed by atoms with van der Waals surface area (Å²) in [5, 5.41) is 3.24. The third-order valence-electron chi connectivity index (χ3n) is 2.57. The smallest absolute Gasteiger partial charge is 0.414 e. The van der Waals surface area contributed by atoms with Crippen molar-refractivity contribution < 1.29 is 22.3 Å². The van der Waals surface area contributed by atoms with Crippen LogP contribution in [0.4, 0.5) is 13.2 Å². The highest BCUT2D eigenvalue weighted by molar-refractivity contribution is 5.16. The first-order chi connectivity index (χ1) is 8.59. The van der Waals surface area contributed by atoms with E-state index in [0.29, 0.717) is 12.3 Å². The van der Waals surface area contributed by atoms with Gasteiger partial charge in [-0.05, 0) is 33.8 Å². The molecular weight excluding hydrogens is 259 g/mol. The van der Waals surface area contributed by atoms with Crippen LogP contribution in [0.1, 0.15) is 39.0 Å². The zero-order valence-electron chi connectivity index (χ0n) is 11.6. The monoisotopic (exact) mass is 279 g/mol. The summed E-state index contributed by atoms with van der Waals surface area (Å²) < 4.78 is 46.9. The van der Waals surface area contributed by atoms with Gasteiger partial charge in [0.1, 0.15) is 12.4 Å². The molecular formula is C13H20F3NO2. The van der Waals surface area contributed by atoms with Crippen LogP contribution >= 0.6 is 0 Å². The van der Waals surface area contributed by atoms with Crippen molar-refractivity contribution in [3.63, 3.8) is 0 Å². The van der Waals surface area contributed by atoms with E-state index in [4.69, 9.17) is 9.15 Å². The highest BCUT2D eigenvalue weighted by Crippen LogP contribution is 2.24. The van der Waals surface area contributed by atoms with Gasteiger partial charge in [-0.2, -0.15) is 13.2 Å². The fraction of sp³-hybridized carbons (Fsp3) is 0.692. The standard InChI is InChI=1S/C13H20F3NO2/c1-9(13(14,15)16)19-8-11-10(5-6-18-11)7-17-12(2,3)4/h5-6,9,17H,7-8H2,1-4H3. The minimum absolute atomic E-state index is 0.0747. The van der Waals surface area contributed by atoms with Gasteiger partial charge < -0.3 is 14.5 Å². The molecule has 3 nitrogen and oxygen atoms in total. The molecule has 0 amide bonds. The Morgan fingerprint density at radius 1 is 1.32 bits per heavy atom. The molecule has 0 saturated heterocycles. The molecule has 110 valence electrons. The van der Waals surface area contributed by atoms with Gasteiger partial charge in [0.15, 0.2) is 6.10 Å². The molecule has 1 heterocycles. The van der Waals surface area contributed by atoms with Gasteiger partial charge in [-0.1, -0.05) is 0 Å². The van der Waals surface area contributed by atoms with Gasteiger partial charge in [-0.3, -0.25) is 0 Å². The average molecular weight is 279 g/mol. The van der Waals surface area contributed by atoms with Gasteiger partial charge >= 0.3 is 6.18 Å². The maximum absolute atomic E-state index is 12.3. The van der Waals surface area contributed by atoms with Crippen molar-refractivity contribution >= 4 is 0 Å². The molecule has 1 atom stereocenters. The summed E-state index contributed by atoms with van der Waals surface area (Å²) in [5.74, 6) is 0.424. The maximum Gasteiger partial charge on any atom is 0.414 e. The lowest BCUT2D eigenvalue weighted by Crippen LogP contribution is -2.35. The van der Waals surface area contributed by atoms with Gasteiger partial charge in [-0.15, -0.1) is 0 Å². The maximum atomic E-state index is 12.3. The third kappa shape index (κ3) is 5.65. The van der Waals surface area contributed by atoms with E-state index in [-0.39, 0.29) is 12.1 Å². The highest BCUT2D eigenvalue weighted by Gasteiger charge is 2.37. The van der Waals surface area contributed by atoms with E-state index in [1.165, 1.54) is 6.26 Å². The number of hydrogen-bond acceptors (Lipinski definition) is 3. The number of nitrogens with one attached hydrogen (secondary N) is 1. The Morgan fingerprint density at radius 3 is 2.47 bits per heavy atom. The topological polar surface area (TPSA) is 34.4 Å². The minimum Gasteiger partial charge on any atom is -0.467 e. The van der Waals surface area contributed by atoms with Crippen LogP contribution in [0.2, 0.25) is 0 Å². The first-order valence-electron chi connectivity index (χ1n) is 6.08. The number of ether oxygens (including phenoxy) is 1. The van der Waals surface area contributed by atoms with Crippen LogP contribution in [0, 0.1) is 0 Å². The van der Waals surface area contributed by atoms with Crippen LogP contribution in [0.3, 0.4) is 0 Å². The molecule has 0 spiro atoms. The molecule has 6 heteroatoms. The molecule has 0 bridgehead atoms. The second kappa shape index (κ2) is 5.96. The Balaban J connectivity index is 2.54. The molecule has 0 aliphatic carbocycles. The largest absolute Gasteiger partial charge is 0.467 e. The van der Waals surface area contributed by atoms with E-state index in [9.17, 15) is 13.2 Å². The molecule has 0 radical (unpaired) electrons. The summed E-state index contributed by atoms with van der Waals surface area (Å²) in [6.45, 7) is 7.35. The molecule has 1 aromatic rings. The van der Waals surface area contributed by atoms with Crippen LogP contribution < -0.4 is 5.32 Å². The lowest BCUT2D eigenvalue weighted by Gasteiger charge is -2.20. The van der Waals surface area contributed by atoms with Gasteiger partial charge in [0.05, 0.1) is 6.26 Å². The minimum atomic E-state index is -4.35. The van der Waals surface area contributed by atoms with E-state index in [2.05, 4.69) is 5.32 Å². The second-order valence-electron chi connectivity index (χ2n) is 5.47. The van der Waals surface area contributed by atoms with E-state index in [1.54, 1.807) is 6.07 Å². The SMILES string of the molecule is CC(OCc1occc1CNC(C)(C)C)C(F)(F)F. The Labute approximate surface area is 111 Å². The quantitative estimate of drug-likeness (QED) is 0.893. The number of halogens is 3. The molecule has 0 fully saturated rings. The molecule has 0 aliphatic rings. The van der Waals surface area contributed by atoms with E-state index in [1.807, 2.05) is 20.8 Å². The fourth-order valence-electron chi connectivity index (χ4n) is 1.31. The molecule has 0 aromatic carbocycles. The molecule has 19 heavy (non-hydrogen) atoms. The Hall–Kier alpha value is -1.01. The average Bonchev–Trinajstić information content (AvgIpc) is 2.68. The molecule has 1 unspecified atom stereocenters. The van der Waals surface area contributed by atoms with Gasteiger partial charge in [0.2, 0.25) is 0 Å². The molecule has 1 N–H and O–H groups in total. The van der Waals surface area contributed by atoms with Crippen LogP contribution in [0.25, 0.3) is 0 Å². The van der Waals surface area contributed by atoms with Crippen molar-refractivity contribution in [2.45, 2.75) is 58.7 Å². The van der Waals surface area contributed by atoms with Crippen molar-refractivity contribution in [1.82, 2.24) is 5.32 Å². The number of hydrogen-bond donors (Lipinski definition) is 1. The van der Waals surface area contributed by atoms with E-state index >= 15 is 0 Å². The molecule has 1 aromatic heterocycles. The molecule has 0 saturated carbocycles. The summed E-state index contributed by atoms with van der Waals surface area (Å²) >= 11 is 0. The third-order valence-corrected chi connectivity index (χ3v) is 2.57. The summed E-state index contributed by atoms with van der Waals surface area (Å²) in [4.78, 5) is 0. The number of furan rings is 1. The zero-order chi connectivity index (χ0) is 14.7. The Morgan fingerprint density at radius 2 is 1.95 bits per heavy atom. The Bertz CT molecular complexity index is 393. The molecule has 1 rings (SSSR count). The summed E-state index contributed by atoms with van der Waals surface area (Å²) in [5.41, 5.74) is 0.735. The fourth-order valence-corrected chi connectivity index (χ4v) is 1.31. The van der Waals surface area contributed by atoms with Crippen LogP contribution in [-0.4, -0.2) is 17.8 Å². The first kappa shape index (κ1) is 16.0. The van der Waals surface area contributed by atoms with Crippen LogP contribution in [0.5, 0.6) is 0 Å². The van der Waals surface area contributed by atoms with E-state index < -0.39 is 12.3 Å². The second-order valence-corrected chi connectivity index (χ2v) is 5.47. The van der Waals surface area contributed by atoms with Crippen molar-refractivity contribution in [1.29, 1.82) is 0 Å². The van der Waals surface area contributed by atoms with Gasteiger partial charge in [-0.25, -0.2) is 0 Å². The van der Waals surface area contributed by atoms with Crippen molar-refractivity contribution in [3.8, 4) is 0 Å². The predicted molar refractivity (Wildman–Crippen MR) is 65.6 cm³/mol. The zero-order valence-corrected chi connectivity index (χ0v) is 11.6. The summed E-state index contributed by atoms with van der Waals surface area (Å²) in [6.07, 6.45) is -4.70. The van der Waals surface area contributed by atoms with Crippen LogP contribution in [-0.2, 0) is 17.9 Å². The van der Waals surface area contributed by atoms with E-state index in [0.717, 1.165) is 12.5 Å². The van der Waals surface area contributed by atoms with Gasteiger partial charge in [0, 0.05) is 17.6 Å². The van der Waals surface area contributed by atoms with Gasteiger partial charge in [0.25, 0.3) is 0 Å². The summed E-state index contributed by atoms with van der Waals surface area (Å²) in [7, 11) is 0. The van der Waals surface area contributed by atoms with Crippen molar-refractivity contribution in [3.05, 3.63) is 23.7 Å². The predicted octanol–water partition coefficient (Wildman–Crippen LogP) is 3.64. The lowest BCUT2D eigenvalue weighted by atomic mass is 10.1. The van der Waals surface area contributed by atoms with Crippen LogP contribution in [0.15, 0.2) is 16.7 Å². The normalized spacial score (nSPS) is 14.7. The van der Waals surface area contributed by atoms with Crippen molar-refractivity contribution in [2.75, 3.05) is 0 Å². The first-order valence-corrected chi connectivity index (χ1v) is 6.08. The lowest BCUT2D eigenvalue weighted by molar-refractivity contribution is -0.218. The molecule has 0 aliphatic heterocycles.